The molecule has 0 spiro atoms. The molecule has 1 rings (SSSR count). The van der Waals surface area contributed by atoms with Gasteiger partial charge >= 0.3 is 5.97 Å². The van der Waals surface area contributed by atoms with E-state index >= 15 is 0 Å². The lowest BCUT2D eigenvalue weighted by Crippen LogP contribution is -2.50. The highest BCUT2D eigenvalue weighted by molar-refractivity contribution is 5.95. The fourth-order valence-corrected chi connectivity index (χ4v) is 2.10. The van der Waals surface area contributed by atoms with Crippen molar-refractivity contribution in [3.8, 4) is 23.3 Å². The van der Waals surface area contributed by atoms with Crippen LogP contribution in [0.5, 0.6) is 17.2 Å². The molecule has 0 saturated heterocycles. The van der Waals surface area contributed by atoms with E-state index < -0.39 is 24.0 Å². The van der Waals surface area contributed by atoms with Crippen molar-refractivity contribution in [1.82, 2.24) is 5.32 Å². The second-order valence-corrected chi connectivity index (χ2v) is 5.98. The number of amides is 1. The van der Waals surface area contributed by atoms with Gasteiger partial charge in [0, 0.05) is 0 Å². The highest BCUT2D eigenvalue weighted by atomic mass is 16.5. The molecule has 1 N–H and O–H groups in total. The summed E-state index contributed by atoms with van der Waals surface area (Å²) in [7, 11) is 4.25. The minimum atomic E-state index is -1.05. The third kappa shape index (κ3) is 4.57. The van der Waals surface area contributed by atoms with Gasteiger partial charge in [-0.2, -0.15) is 5.26 Å². The third-order valence-electron chi connectivity index (χ3n) is 4.04. The van der Waals surface area contributed by atoms with Crippen LogP contribution in [-0.4, -0.2) is 45.4 Å². The molecule has 1 atom stereocenters. The number of hydrogen-bond acceptors (Lipinski definition) is 7. The quantitative estimate of drug-likeness (QED) is 0.702. The summed E-state index contributed by atoms with van der Waals surface area (Å²) in [5, 5.41) is 11.8. The Labute approximate surface area is 153 Å². The summed E-state index contributed by atoms with van der Waals surface area (Å²) >= 11 is 0. The van der Waals surface area contributed by atoms with Crippen molar-refractivity contribution < 1.29 is 28.5 Å². The molecule has 0 fully saturated rings. The molecule has 0 aliphatic rings. The van der Waals surface area contributed by atoms with E-state index in [2.05, 4.69) is 11.4 Å². The summed E-state index contributed by atoms with van der Waals surface area (Å²) < 4.78 is 20.6. The summed E-state index contributed by atoms with van der Waals surface area (Å²) in [5.41, 5.74) is -0.963. The maximum Gasteiger partial charge on any atom is 0.342 e. The second kappa shape index (κ2) is 8.94. The second-order valence-electron chi connectivity index (χ2n) is 5.98. The van der Waals surface area contributed by atoms with Crippen molar-refractivity contribution in [1.29, 1.82) is 5.26 Å². The first kappa shape index (κ1) is 21.1. The van der Waals surface area contributed by atoms with Crippen LogP contribution in [0.3, 0.4) is 0 Å². The molecule has 1 amide bonds. The maximum absolute atomic E-state index is 12.3. The van der Waals surface area contributed by atoms with E-state index in [1.807, 2.05) is 13.8 Å². The first-order valence-corrected chi connectivity index (χ1v) is 7.92. The molecule has 142 valence electrons. The Hall–Kier alpha value is -2.95. The summed E-state index contributed by atoms with van der Waals surface area (Å²) in [6.07, 6.45) is 0. The zero-order chi connectivity index (χ0) is 19.9. The van der Waals surface area contributed by atoms with Crippen molar-refractivity contribution in [2.75, 3.05) is 27.9 Å². The van der Waals surface area contributed by atoms with Crippen LogP contribution in [0, 0.1) is 17.2 Å². The molecule has 0 heterocycles. The number of benzene rings is 1. The van der Waals surface area contributed by atoms with Crippen LogP contribution in [0.1, 0.15) is 31.1 Å². The number of carbonyl (C=O) groups excluding carboxylic acids is 2. The number of nitrogens with zero attached hydrogens (tertiary/aromatic N) is 1. The van der Waals surface area contributed by atoms with Gasteiger partial charge in [-0.1, -0.05) is 13.8 Å². The van der Waals surface area contributed by atoms with Crippen molar-refractivity contribution in [2.45, 2.75) is 26.3 Å². The SMILES string of the molecule is COc1ccc(C(=O)OCC(=O)N[C@](C)(C#N)C(C)C)c(OC)c1OC. The van der Waals surface area contributed by atoms with Gasteiger partial charge in [0.25, 0.3) is 5.91 Å². The van der Waals surface area contributed by atoms with Gasteiger partial charge in [0.2, 0.25) is 5.75 Å². The minimum absolute atomic E-state index is 0.0878. The number of rotatable bonds is 8. The Kier molecular flexibility index (Phi) is 7.26. The number of ether oxygens (including phenoxy) is 4. The summed E-state index contributed by atoms with van der Waals surface area (Å²) in [6.45, 7) is 4.70. The number of esters is 1. The molecular weight excluding hydrogens is 340 g/mol. The molecule has 1 aromatic rings. The van der Waals surface area contributed by atoms with E-state index in [0.29, 0.717) is 5.75 Å². The van der Waals surface area contributed by atoms with Crippen molar-refractivity contribution >= 4 is 11.9 Å². The molecule has 0 unspecified atom stereocenters. The summed E-state index contributed by atoms with van der Waals surface area (Å²) in [4.78, 5) is 24.3. The van der Waals surface area contributed by atoms with Crippen LogP contribution >= 0.6 is 0 Å². The highest BCUT2D eigenvalue weighted by Gasteiger charge is 2.30. The van der Waals surface area contributed by atoms with Gasteiger partial charge in [0.1, 0.15) is 11.1 Å². The van der Waals surface area contributed by atoms with Gasteiger partial charge < -0.3 is 24.3 Å². The summed E-state index contributed by atoms with van der Waals surface area (Å²) in [5.74, 6) is -0.678. The molecule has 0 radical (unpaired) electrons. The largest absolute Gasteiger partial charge is 0.493 e. The maximum atomic E-state index is 12.3. The van der Waals surface area contributed by atoms with Crippen molar-refractivity contribution in [3.05, 3.63) is 17.7 Å². The molecule has 0 aliphatic carbocycles. The molecule has 8 heteroatoms. The van der Waals surface area contributed by atoms with E-state index in [-0.39, 0.29) is 23.0 Å². The van der Waals surface area contributed by atoms with Crippen LogP contribution in [0.4, 0.5) is 0 Å². The lowest BCUT2D eigenvalue weighted by molar-refractivity contribution is -0.125. The molecule has 8 nitrogen and oxygen atoms in total. The van der Waals surface area contributed by atoms with Crippen molar-refractivity contribution in [2.24, 2.45) is 5.92 Å². The predicted molar refractivity (Wildman–Crippen MR) is 93.4 cm³/mol. The molecule has 0 aliphatic heterocycles. The van der Waals surface area contributed by atoms with E-state index in [4.69, 9.17) is 18.9 Å². The fourth-order valence-electron chi connectivity index (χ4n) is 2.10. The van der Waals surface area contributed by atoms with E-state index in [1.165, 1.54) is 33.5 Å². The third-order valence-corrected chi connectivity index (χ3v) is 4.04. The van der Waals surface area contributed by atoms with Crippen LogP contribution in [0.25, 0.3) is 0 Å². The van der Waals surface area contributed by atoms with Gasteiger partial charge in [-0.25, -0.2) is 4.79 Å². The number of nitrogens with one attached hydrogen (secondary N) is 1. The average Bonchev–Trinajstić information content (AvgIpc) is 2.64. The smallest absolute Gasteiger partial charge is 0.342 e. The highest BCUT2D eigenvalue weighted by Crippen LogP contribution is 2.39. The molecule has 0 aromatic heterocycles. The van der Waals surface area contributed by atoms with Crippen LogP contribution < -0.4 is 19.5 Å². The monoisotopic (exact) mass is 364 g/mol. The fraction of sp³-hybridized carbons (Fsp3) is 0.500. The minimum Gasteiger partial charge on any atom is -0.493 e. The molecule has 0 bridgehead atoms. The molecule has 26 heavy (non-hydrogen) atoms. The number of hydrogen-bond donors (Lipinski definition) is 1. The van der Waals surface area contributed by atoms with Crippen LogP contribution in [0.2, 0.25) is 0 Å². The zero-order valence-electron chi connectivity index (χ0n) is 15.8. The van der Waals surface area contributed by atoms with Gasteiger partial charge in [-0.3, -0.25) is 4.79 Å². The standard InChI is InChI=1S/C18H24N2O6/c1-11(2)18(3,10-19)20-14(21)9-26-17(22)12-7-8-13(23-4)16(25-6)15(12)24-5/h7-8,11H,9H2,1-6H3,(H,20,21)/t18-/m1/s1. The zero-order valence-corrected chi connectivity index (χ0v) is 15.8. The van der Waals surface area contributed by atoms with Gasteiger partial charge in [-0.15, -0.1) is 0 Å². The Balaban J connectivity index is 2.90. The first-order chi connectivity index (χ1) is 12.2. The first-order valence-electron chi connectivity index (χ1n) is 7.92. The number of nitriles is 1. The Morgan fingerprint density at radius 3 is 2.23 bits per heavy atom. The average molecular weight is 364 g/mol. The van der Waals surface area contributed by atoms with Gasteiger partial charge in [0.05, 0.1) is 27.4 Å². The lowest BCUT2D eigenvalue weighted by Gasteiger charge is -2.27. The number of methoxy groups -OCH3 is 3. The van der Waals surface area contributed by atoms with Crippen LogP contribution in [-0.2, 0) is 9.53 Å². The Morgan fingerprint density at radius 1 is 1.15 bits per heavy atom. The van der Waals surface area contributed by atoms with E-state index in [1.54, 1.807) is 6.92 Å². The lowest BCUT2D eigenvalue weighted by atomic mass is 9.90. The normalized spacial score (nSPS) is 12.5. The van der Waals surface area contributed by atoms with E-state index in [9.17, 15) is 14.9 Å². The molecular formula is C18H24N2O6. The Bertz CT molecular complexity index is 710. The van der Waals surface area contributed by atoms with Crippen LogP contribution in [0.15, 0.2) is 12.1 Å². The molecule has 0 saturated carbocycles. The molecule has 1 aromatic carbocycles. The predicted octanol–water partition coefficient (Wildman–Crippen LogP) is 1.92. The van der Waals surface area contributed by atoms with Crippen molar-refractivity contribution in [3.63, 3.8) is 0 Å². The van der Waals surface area contributed by atoms with E-state index in [0.717, 1.165) is 0 Å². The van der Waals surface area contributed by atoms with Gasteiger partial charge in [-0.05, 0) is 25.0 Å². The number of carbonyl (C=O) groups is 2. The van der Waals surface area contributed by atoms with Gasteiger partial charge in [0.15, 0.2) is 18.1 Å². The summed E-state index contributed by atoms with van der Waals surface area (Å²) in [6, 6.07) is 5.03. The topological polar surface area (TPSA) is 107 Å². The Morgan fingerprint density at radius 2 is 1.77 bits per heavy atom.